The van der Waals surface area contributed by atoms with Crippen molar-refractivity contribution in [1.82, 2.24) is 4.90 Å². The molecule has 0 aromatic heterocycles. The van der Waals surface area contributed by atoms with Crippen molar-refractivity contribution in [3.63, 3.8) is 0 Å². The summed E-state index contributed by atoms with van der Waals surface area (Å²) in [6.07, 6.45) is 2.36. The van der Waals surface area contributed by atoms with Crippen molar-refractivity contribution in [2.75, 3.05) is 24.6 Å². The molecule has 2 aliphatic heterocycles. The van der Waals surface area contributed by atoms with E-state index in [4.69, 9.17) is 16.3 Å². The molecule has 2 heterocycles. The second kappa shape index (κ2) is 7.45. The van der Waals surface area contributed by atoms with Crippen LogP contribution in [-0.2, 0) is 11.2 Å². The zero-order valence-electron chi connectivity index (χ0n) is 16.4. The van der Waals surface area contributed by atoms with Crippen molar-refractivity contribution in [3.05, 3.63) is 27.2 Å². The van der Waals surface area contributed by atoms with E-state index in [1.54, 1.807) is 4.90 Å². The highest BCUT2D eigenvalue weighted by Gasteiger charge is 2.48. The molecule has 5 nitrogen and oxygen atoms in total. The number of aliphatic hydroxyl groups is 1. The third kappa shape index (κ3) is 4.22. The number of benzene rings is 1. The third-order valence-corrected chi connectivity index (χ3v) is 6.18. The van der Waals surface area contributed by atoms with Gasteiger partial charge in [0.15, 0.2) is 0 Å². The lowest BCUT2D eigenvalue weighted by molar-refractivity contribution is -0.0000871. The number of carbonyl (C=O) groups is 1. The maximum absolute atomic E-state index is 12.8. The van der Waals surface area contributed by atoms with E-state index in [2.05, 4.69) is 20.8 Å². The van der Waals surface area contributed by atoms with Gasteiger partial charge in [-0.15, -0.1) is 0 Å². The number of likely N-dealkylation sites (tertiary alicyclic amines) is 1. The minimum absolute atomic E-state index is 0.0920. The van der Waals surface area contributed by atoms with Gasteiger partial charge in [-0.25, -0.2) is 4.79 Å². The molecule has 1 fully saturated rings. The predicted octanol–water partition coefficient (Wildman–Crippen LogP) is 4.62. The van der Waals surface area contributed by atoms with E-state index in [0.717, 1.165) is 34.6 Å². The fourth-order valence-corrected chi connectivity index (χ4v) is 5.23. The van der Waals surface area contributed by atoms with Crippen molar-refractivity contribution >= 4 is 39.3 Å². The van der Waals surface area contributed by atoms with Crippen LogP contribution in [0.3, 0.4) is 0 Å². The summed E-state index contributed by atoms with van der Waals surface area (Å²) < 4.78 is 6.57. The standard InChI is InChI=1S/C20H28BrClN2O3/c1-19(2,3)27-18(26)24-11-15(10-20(24,4)12-25)23-7-5-6-13-8-14(22)9-16(21)17(13)23/h8-9,15,25H,5-7,10-12H2,1-4H3/t15-,20+/m0/s1. The van der Waals surface area contributed by atoms with Crippen LogP contribution in [0.25, 0.3) is 0 Å². The van der Waals surface area contributed by atoms with Gasteiger partial charge in [0.1, 0.15) is 5.60 Å². The SMILES string of the molecule is CC(C)(C)OC(=O)N1C[C@@H](N2CCCc3cc(Cl)cc(Br)c32)C[C@]1(C)CO. The van der Waals surface area contributed by atoms with Crippen LogP contribution in [0.5, 0.6) is 0 Å². The van der Waals surface area contributed by atoms with Crippen molar-refractivity contribution in [1.29, 1.82) is 0 Å². The minimum Gasteiger partial charge on any atom is -0.444 e. The van der Waals surface area contributed by atoms with Crippen molar-refractivity contribution < 1.29 is 14.6 Å². The molecule has 1 N–H and O–H groups in total. The van der Waals surface area contributed by atoms with Crippen molar-refractivity contribution in [2.24, 2.45) is 0 Å². The van der Waals surface area contributed by atoms with Gasteiger partial charge in [0.2, 0.25) is 0 Å². The smallest absolute Gasteiger partial charge is 0.410 e. The Morgan fingerprint density at radius 1 is 1.44 bits per heavy atom. The van der Waals surface area contributed by atoms with Crippen LogP contribution in [0.15, 0.2) is 16.6 Å². The molecule has 150 valence electrons. The lowest BCUT2D eigenvalue weighted by atomic mass is 9.95. The van der Waals surface area contributed by atoms with E-state index in [1.807, 2.05) is 39.8 Å². The van der Waals surface area contributed by atoms with Gasteiger partial charge in [0.25, 0.3) is 0 Å². The molecule has 1 aromatic rings. The summed E-state index contributed by atoms with van der Waals surface area (Å²) in [4.78, 5) is 16.8. The van der Waals surface area contributed by atoms with E-state index in [0.29, 0.717) is 13.0 Å². The lowest BCUT2D eigenvalue weighted by Gasteiger charge is -2.37. The van der Waals surface area contributed by atoms with Gasteiger partial charge in [0, 0.05) is 28.6 Å². The topological polar surface area (TPSA) is 53.0 Å². The van der Waals surface area contributed by atoms with E-state index < -0.39 is 11.1 Å². The van der Waals surface area contributed by atoms with Crippen LogP contribution in [0.4, 0.5) is 10.5 Å². The number of hydrogen-bond acceptors (Lipinski definition) is 4. The van der Waals surface area contributed by atoms with E-state index in [-0.39, 0.29) is 18.7 Å². The molecule has 2 atom stereocenters. The summed E-state index contributed by atoms with van der Waals surface area (Å²) in [5.74, 6) is 0. The Hall–Kier alpha value is -0.980. The number of anilines is 1. The van der Waals surface area contributed by atoms with Crippen molar-refractivity contribution in [3.8, 4) is 0 Å². The molecule has 7 heteroatoms. The largest absolute Gasteiger partial charge is 0.444 e. The van der Waals surface area contributed by atoms with Crippen LogP contribution >= 0.6 is 27.5 Å². The average molecular weight is 460 g/mol. The van der Waals surface area contributed by atoms with Gasteiger partial charge < -0.3 is 14.7 Å². The molecule has 0 radical (unpaired) electrons. The number of fused-ring (bicyclic) bond motifs is 1. The van der Waals surface area contributed by atoms with Gasteiger partial charge in [-0.05, 0) is 80.6 Å². The fraction of sp³-hybridized carbons (Fsp3) is 0.650. The maximum atomic E-state index is 12.8. The first-order chi connectivity index (χ1) is 12.5. The Kier molecular flexibility index (Phi) is 5.72. The van der Waals surface area contributed by atoms with Gasteiger partial charge in [-0.3, -0.25) is 4.90 Å². The van der Waals surface area contributed by atoms with E-state index in [9.17, 15) is 9.90 Å². The number of hydrogen-bond donors (Lipinski definition) is 1. The molecule has 2 aliphatic rings. The highest BCUT2D eigenvalue weighted by Crippen LogP contribution is 2.42. The normalized spacial score (nSPS) is 25.5. The number of rotatable bonds is 2. The second-order valence-electron chi connectivity index (χ2n) is 8.80. The van der Waals surface area contributed by atoms with Crippen LogP contribution in [-0.4, -0.2) is 53.0 Å². The summed E-state index contributed by atoms with van der Waals surface area (Å²) in [5.41, 5.74) is 1.18. The zero-order valence-corrected chi connectivity index (χ0v) is 18.7. The monoisotopic (exact) mass is 458 g/mol. The number of nitrogens with zero attached hydrogens (tertiary/aromatic N) is 2. The summed E-state index contributed by atoms with van der Waals surface area (Å²) >= 11 is 9.90. The fourth-order valence-electron chi connectivity index (χ4n) is 4.13. The second-order valence-corrected chi connectivity index (χ2v) is 10.1. The summed E-state index contributed by atoms with van der Waals surface area (Å²) in [6, 6.07) is 4.07. The molecule has 0 aliphatic carbocycles. The molecule has 1 amide bonds. The molecule has 3 rings (SSSR count). The Morgan fingerprint density at radius 3 is 2.78 bits per heavy atom. The Balaban J connectivity index is 1.89. The van der Waals surface area contributed by atoms with Gasteiger partial charge in [0.05, 0.1) is 17.8 Å². The molecular formula is C20H28BrClN2O3. The van der Waals surface area contributed by atoms with Crippen molar-refractivity contribution in [2.45, 2.75) is 64.1 Å². The first kappa shape index (κ1) is 20.7. The summed E-state index contributed by atoms with van der Waals surface area (Å²) in [6.45, 7) is 8.86. The van der Waals surface area contributed by atoms with Gasteiger partial charge in [-0.1, -0.05) is 11.6 Å². The summed E-state index contributed by atoms with van der Waals surface area (Å²) in [5, 5.41) is 10.8. The summed E-state index contributed by atoms with van der Waals surface area (Å²) in [7, 11) is 0. The molecule has 1 aromatic carbocycles. The first-order valence-corrected chi connectivity index (χ1v) is 10.6. The van der Waals surface area contributed by atoms with Gasteiger partial charge >= 0.3 is 6.09 Å². The number of aliphatic hydroxyl groups excluding tert-OH is 1. The highest BCUT2D eigenvalue weighted by atomic mass is 79.9. The maximum Gasteiger partial charge on any atom is 0.410 e. The molecule has 1 saturated heterocycles. The Morgan fingerprint density at radius 2 is 2.15 bits per heavy atom. The third-order valence-electron chi connectivity index (χ3n) is 5.36. The zero-order chi connectivity index (χ0) is 20.0. The van der Waals surface area contributed by atoms with Gasteiger partial charge in [-0.2, -0.15) is 0 Å². The van der Waals surface area contributed by atoms with E-state index >= 15 is 0 Å². The molecule has 27 heavy (non-hydrogen) atoms. The Bertz CT molecular complexity index is 737. The van der Waals surface area contributed by atoms with Crippen LogP contribution in [0, 0.1) is 0 Å². The molecule has 0 bridgehead atoms. The molecule has 0 spiro atoms. The quantitative estimate of drug-likeness (QED) is 0.701. The first-order valence-electron chi connectivity index (χ1n) is 9.40. The average Bonchev–Trinajstić information content (AvgIpc) is 2.91. The number of ether oxygens (including phenoxy) is 1. The lowest BCUT2D eigenvalue weighted by Crippen LogP contribution is -2.49. The molecule has 0 unspecified atom stereocenters. The minimum atomic E-state index is -0.635. The number of carbonyl (C=O) groups excluding carboxylic acids is 1. The number of amides is 1. The van der Waals surface area contributed by atoms with Crippen LogP contribution in [0.1, 0.15) is 46.1 Å². The molecular weight excluding hydrogens is 432 g/mol. The Labute approximate surface area is 174 Å². The number of halogens is 2. The van der Waals surface area contributed by atoms with E-state index in [1.165, 1.54) is 5.56 Å². The predicted molar refractivity (Wildman–Crippen MR) is 112 cm³/mol. The highest BCUT2D eigenvalue weighted by molar-refractivity contribution is 9.10. The van der Waals surface area contributed by atoms with Crippen LogP contribution in [0.2, 0.25) is 5.02 Å². The number of aryl methyl sites for hydroxylation is 1. The molecule has 0 saturated carbocycles. The van der Waals surface area contributed by atoms with Crippen LogP contribution < -0.4 is 4.90 Å².